The molecule has 0 radical (unpaired) electrons. The van der Waals surface area contributed by atoms with Gasteiger partial charge in [0.15, 0.2) is 0 Å². The summed E-state index contributed by atoms with van der Waals surface area (Å²) in [5.74, 6) is 2.09. The van der Waals surface area contributed by atoms with E-state index in [1.54, 1.807) is 30.7 Å². The van der Waals surface area contributed by atoms with E-state index in [4.69, 9.17) is 10.5 Å². The van der Waals surface area contributed by atoms with Crippen LogP contribution in [0.1, 0.15) is 18.5 Å². The summed E-state index contributed by atoms with van der Waals surface area (Å²) in [4.78, 5) is 30.3. The Kier molecular flexibility index (Phi) is 6.24. The number of carbonyl (C=O) groups excluding carboxylic acids is 1. The van der Waals surface area contributed by atoms with E-state index in [2.05, 4.69) is 30.6 Å². The first-order valence-electron chi connectivity index (χ1n) is 10.1. The largest absolute Gasteiger partial charge is 0.449 e. The van der Waals surface area contributed by atoms with E-state index >= 15 is 0 Å². The van der Waals surface area contributed by atoms with Crippen molar-refractivity contribution in [1.29, 1.82) is 0 Å². The van der Waals surface area contributed by atoms with Crippen LogP contribution in [-0.4, -0.2) is 45.7 Å². The van der Waals surface area contributed by atoms with Crippen molar-refractivity contribution in [2.45, 2.75) is 13.0 Å². The van der Waals surface area contributed by atoms with Gasteiger partial charge >= 0.3 is 6.09 Å². The summed E-state index contributed by atoms with van der Waals surface area (Å²) in [6.45, 7) is 3.55. The molecule has 0 spiro atoms. The fraction of sp³-hybridized carbons (Fsp3) is 0.286. The highest BCUT2D eigenvalue weighted by atomic mass is 19.1. The number of ether oxygens (including phenoxy) is 1. The standard InChI is InChI=1S/C21H23FN8O2/c1-13(15-2-4-16(22)5-3-15)26-21-28-17(27-18-9-24-6-7-25-18)8-19(29-21)30-10-14(11-30)12-32-20(23)31/h2-9,13-14H,10-12H2,1H3,(H2,23,31)(H2,25,26,27,28,29)/t13-/m0/s1. The molecule has 0 unspecified atom stereocenters. The van der Waals surface area contributed by atoms with Crippen LogP contribution in [0.5, 0.6) is 0 Å². The van der Waals surface area contributed by atoms with Crippen molar-refractivity contribution in [2.24, 2.45) is 11.7 Å². The molecule has 1 aliphatic rings. The fourth-order valence-electron chi connectivity index (χ4n) is 3.31. The van der Waals surface area contributed by atoms with Gasteiger partial charge in [0.05, 0.1) is 18.8 Å². The summed E-state index contributed by atoms with van der Waals surface area (Å²) in [6, 6.07) is 7.93. The van der Waals surface area contributed by atoms with E-state index in [1.165, 1.54) is 12.1 Å². The summed E-state index contributed by atoms with van der Waals surface area (Å²) in [7, 11) is 0. The third-order valence-corrected chi connectivity index (χ3v) is 4.99. The monoisotopic (exact) mass is 438 g/mol. The average Bonchev–Trinajstić information content (AvgIpc) is 2.73. The van der Waals surface area contributed by atoms with Gasteiger partial charge < -0.3 is 26.0 Å². The first kappa shape index (κ1) is 21.2. The Labute approximate surface area is 184 Å². The topological polar surface area (TPSA) is 131 Å². The number of rotatable bonds is 8. The summed E-state index contributed by atoms with van der Waals surface area (Å²) < 4.78 is 18.1. The highest BCUT2D eigenvalue weighted by Gasteiger charge is 2.29. The van der Waals surface area contributed by atoms with Crippen LogP contribution < -0.4 is 21.3 Å². The molecule has 166 valence electrons. The zero-order chi connectivity index (χ0) is 22.5. The zero-order valence-corrected chi connectivity index (χ0v) is 17.4. The Morgan fingerprint density at radius 3 is 2.72 bits per heavy atom. The number of benzene rings is 1. The van der Waals surface area contributed by atoms with Gasteiger partial charge in [-0.2, -0.15) is 9.97 Å². The maximum Gasteiger partial charge on any atom is 0.404 e. The zero-order valence-electron chi connectivity index (χ0n) is 17.4. The van der Waals surface area contributed by atoms with E-state index in [-0.39, 0.29) is 24.4 Å². The molecule has 2 aromatic heterocycles. The molecule has 11 heteroatoms. The lowest BCUT2D eigenvalue weighted by molar-refractivity contribution is 0.127. The number of carbonyl (C=O) groups is 1. The molecular formula is C21H23FN8O2. The molecule has 1 aromatic carbocycles. The quantitative estimate of drug-likeness (QED) is 0.486. The summed E-state index contributed by atoms with van der Waals surface area (Å²) >= 11 is 0. The molecule has 1 fully saturated rings. The van der Waals surface area contributed by atoms with Crippen LogP contribution in [0.15, 0.2) is 48.9 Å². The van der Waals surface area contributed by atoms with Crippen molar-refractivity contribution in [3.63, 3.8) is 0 Å². The number of nitrogens with two attached hydrogens (primary N) is 1. The molecule has 3 aromatic rings. The van der Waals surface area contributed by atoms with Crippen LogP contribution in [-0.2, 0) is 4.74 Å². The Bertz CT molecular complexity index is 1060. The minimum absolute atomic E-state index is 0.150. The molecular weight excluding hydrogens is 415 g/mol. The Hall–Kier alpha value is -4.02. The van der Waals surface area contributed by atoms with E-state index in [9.17, 15) is 9.18 Å². The van der Waals surface area contributed by atoms with Crippen molar-refractivity contribution in [1.82, 2.24) is 19.9 Å². The molecule has 0 bridgehead atoms. The number of nitrogens with one attached hydrogen (secondary N) is 2. The lowest BCUT2D eigenvalue weighted by Crippen LogP contribution is -2.49. The Morgan fingerprint density at radius 1 is 1.25 bits per heavy atom. The summed E-state index contributed by atoms with van der Waals surface area (Å²) in [5.41, 5.74) is 5.94. The molecule has 1 atom stereocenters. The smallest absolute Gasteiger partial charge is 0.404 e. The van der Waals surface area contributed by atoms with Gasteiger partial charge in [0.1, 0.15) is 23.3 Å². The van der Waals surface area contributed by atoms with E-state index in [0.29, 0.717) is 36.5 Å². The minimum atomic E-state index is -0.776. The van der Waals surface area contributed by atoms with Gasteiger partial charge in [-0.1, -0.05) is 12.1 Å². The molecule has 3 heterocycles. The van der Waals surface area contributed by atoms with Crippen molar-refractivity contribution in [3.05, 3.63) is 60.3 Å². The second-order valence-corrected chi connectivity index (χ2v) is 7.47. The number of hydrogen-bond donors (Lipinski definition) is 3. The van der Waals surface area contributed by atoms with Crippen LogP contribution in [0.2, 0.25) is 0 Å². The highest BCUT2D eigenvalue weighted by molar-refractivity contribution is 5.64. The van der Waals surface area contributed by atoms with Gasteiger partial charge in [-0.05, 0) is 24.6 Å². The number of halogens is 1. The van der Waals surface area contributed by atoms with Crippen molar-refractivity contribution < 1.29 is 13.9 Å². The van der Waals surface area contributed by atoms with E-state index < -0.39 is 6.09 Å². The van der Waals surface area contributed by atoms with Crippen LogP contribution in [0, 0.1) is 11.7 Å². The van der Waals surface area contributed by atoms with Gasteiger partial charge in [-0.25, -0.2) is 14.2 Å². The first-order valence-corrected chi connectivity index (χ1v) is 10.1. The van der Waals surface area contributed by atoms with Crippen molar-refractivity contribution in [3.8, 4) is 0 Å². The normalized spacial score (nSPS) is 14.4. The number of hydrogen-bond acceptors (Lipinski definition) is 9. The molecule has 4 N–H and O–H groups in total. The maximum absolute atomic E-state index is 13.3. The third kappa shape index (κ3) is 5.36. The summed E-state index contributed by atoms with van der Waals surface area (Å²) in [6.07, 6.45) is 3.99. The third-order valence-electron chi connectivity index (χ3n) is 4.99. The number of amides is 1. The lowest BCUT2D eigenvalue weighted by atomic mass is 10.0. The SMILES string of the molecule is C[C@H](Nc1nc(Nc2cnccn2)cc(N2CC(COC(N)=O)C2)n1)c1ccc(F)cc1. The first-order chi connectivity index (χ1) is 15.5. The minimum Gasteiger partial charge on any atom is -0.449 e. The van der Waals surface area contributed by atoms with E-state index in [1.807, 2.05) is 17.9 Å². The van der Waals surface area contributed by atoms with Gasteiger partial charge in [0.2, 0.25) is 5.95 Å². The Morgan fingerprint density at radius 2 is 2.03 bits per heavy atom. The molecule has 1 aliphatic heterocycles. The predicted molar refractivity (Wildman–Crippen MR) is 117 cm³/mol. The maximum atomic E-state index is 13.3. The molecule has 32 heavy (non-hydrogen) atoms. The van der Waals surface area contributed by atoms with Gasteiger partial charge in [0, 0.05) is 37.5 Å². The van der Waals surface area contributed by atoms with Gasteiger partial charge in [-0.3, -0.25) is 4.98 Å². The van der Waals surface area contributed by atoms with Crippen molar-refractivity contribution >= 4 is 29.5 Å². The van der Waals surface area contributed by atoms with Gasteiger partial charge in [0.25, 0.3) is 0 Å². The van der Waals surface area contributed by atoms with Crippen LogP contribution in [0.4, 0.5) is 32.6 Å². The molecule has 0 aliphatic carbocycles. The molecule has 4 rings (SSSR count). The molecule has 10 nitrogen and oxygen atoms in total. The predicted octanol–water partition coefficient (Wildman–Crippen LogP) is 2.85. The average molecular weight is 438 g/mol. The fourth-order valence-corrected chi connectivity index (χ4v) is 3.31. The molecule has 1 saturated heterocycles. The highest BCUT2D eigenvalue weighted by Crippen LogP contribution is 2.28. The molecule has 1 amide bonds. The second-order valence-electron chi connectivity index (χ2n) is 7.47. The Balaban J connectivity index is 1.52. The molecule has 0 saturated carbocycles. The number of aromatic nitrogens is 4. The van der Waals surface area contributed by atoms with Crippen LogP contribution >= 0.6 is 0 Å². The number of primary amides is 1. The van der Waals surface area contributed by atoms with Crippen molar-refractivity contribution in [2.75, 3.05) is 35.2 Å². The number of anilines is 4. The number of nitrogens with zero attached hydrogens (tertiary/aromatic N) is 5. The van der Waals surface area contributed by atoms with E-state index in [0.717, 1.165) is 5.56 Å². The van der Waals surface area contributed by atoms with Crippen LogP contribution in [0.3, 0.4) is 0 Å². The van der Waals surface area contributed by atoms with Gasteiger partial charge in [-0.15, -0.1) is 0 Å². The van der Waals surface area contributed by atoms with Crippen LogP contribution in [0.25, 0.3) is 0 Å². The lowest BCUT2D eigenvalue weighted by Gasteiger charge is -2.39. The summed E-state index contributed by atoms with van der Waals surface area (Å²) in [5, 5.41) is 6.40. The second kappa shape index (κ2) is 9.41.